The van der Waals surface area contributed by atoms with Crippen LogP contribution >= 0.6 is 24.0 Å². The summed E-state index contributed by atoms with van der Waals surface area (Å²) in [5.41, 5.74) is 6.44. The summed E-state index contributed by atoms with van der Waals surface area (Å²) in [5, 5.41) is 3.37. The third-order valence-corrected chi connectivity index (χ3v) is 4.74. The van der Waals surface area contributed by atoms with Crippen molar-refractivity contribution < 1.29 is 14.3 Å². The molecule has 0 saturated carbocycles. The summed E-state index contributed by atoms with van der Waals surface area (Å²) < 4.78 is 11.2. The molecule has 1 aromatic rings. The second-order valence-electron chi connectivity index (χ2n) is 7.13. The molecule has 29 heavy (non-hydrogen) atoms. The first-order valence-corrected chi connectivity index (χ1v) is 10.2. The number of aliphatic imine (C=N–C) groups is 1. The van der Waals surface area contributed by atoms with Crippen LogP contribution in [-0.2, 0) is 11.3 Å². The average Bonchev–Trinajstić information content (AvgIpc) is 2.69. The highest BCUT2D eigenvalue weighted by molar-refractivity contribution is 14.0. The van der Waals surface area contributed by atoms with E-state index in [4.69, 9.17) is 20.2 Å². The molecule has 1 aliphatic rings. The number of rotatable bonds is 9. The monoisotopic (exact) mass is 518 g/mol. The lowest BCUT2D eigenvalue weighted by Crippen LogP contribution is -2.47. The van der Waals surface area contributed by atoms with Gasteiger partial charge in [-0.25, -0.2) is 4.99 Å². The molecule has 8 heteroatoms. The highest BCUT2D eigenvalue weighted by Crippen LogP contribution is 2.28. The minimum absolute atomic E-state index is 0. The van der Waals surface area contributed by atoms with Crippen molar-refractivity contribution in [3.05, 3.63) is 23.8 Å². The quantitative estimate of drug-likeness (QED) is 0.298. The highest BCUT2D eigenvalue weighted by Gasteiger charge is 2.23. The van der Waals surface area contributed by atoms with Gasteiger partial charge in [0, 0.05) is 26.1 Å². The maximum absolute atomic E-state index is 11.3. The number of nitrogens with zero attached hydrogens (tertiary/aromatic N) is 2. The lowest BCUT2D eigenvalue weighted by atomic mass is 9.95. The zero-order valence-corrected chi connectivity index (χ0v) is 20.1. The number of amides is 1. The predicted molar refractivity (Wildman–Crippen MR) is 127 cm³/mol. The Balaban J connectivity index is 0.00000420. The van der Waals surface area contributed by atoms with E-state index in [1.54, 1.807) is 7.11 Å². The Bertz CT molecular complexity index is 669. The number of hydrogen-bond donors (Lipinski definition) is 2. The SMILES string of the molecule is CCCOc1ccc(CN=C(NCC)N2CCCC(CC(N)=O)C2)cc1OC.I. The van der Waals surface area contributed by atoms with Gasteiger partial charge in [-0.3, -0.25) is 4.79 Å². The number of nitrogens with two attached hydrogens (primary N) is 1. The van der Waals surface area contributed by atoms with Crippen LogP contribution in [-0.4, -0.2) is 50.1 Å². The highest BCUT2D eigenvalue weighted by atomic mass is 127. The van der Waals surface area contributed by atoms with Crippen molar-refractivity contribution >= 4 is 35.8 Å². The van der Waals surface area contributed by atoms with E-state index in [2.05, 4.69) is 24.1 Å². The Hall–Kier alpha value is -1.71. The molecule has 7 nitrogen and oxygen atoms in total. The van der Waals surface area contributed by atoms with Crippen molar-refractivity contribution in [2.75, 3.05) is 33.4 Å². The smallest absolute Gasteiger partial charge is 0.217 e. The molecule has 0 aromatic heterocycles. The first-order chi connectivity index (χ1) is 13.6. The van der Waals surface area contributed by atoms with Crippen LogP contribution in [0.5, 0.6) is 11.5 Å². The zero-order chi connectivity index (χ0) is 20.4. The molecule has 164 valence electrons. The number of carbonyl (C=O) groups excluding carboxylic acids is 1. The topological polar surface area (TPSA) is 89.2 Å². The van der Waals surface area contributed by atoms with Gasteiger partial charge in [-0.05, 0) is 49.8 Å². The number of carbonyl (C=O) groups is 1. The Morgan fingerprint density at radius 2 is 2.14 bits per heavy atom. The summed E-state index contributed by atoms with van der Waals surface area (Å²) >= 11 is 0. The molecule has 1 atom stereocenters. The Morgan fingerprint density at radius 1 is 1.34 bits per heavy atom. The van der Waals surface area contributed by atoms with Crippen LogP contribution in [0.1, 0.15) is 45.1 Å². The zero-order valence-electron chi connectivity index (χ0n) is 17.8. The third kappa shape index (κ3) is 8.28. The van der Waals surface area contributed by atoms with Crippen molar-refractivity contribution in [3.63, 3.8) is 0 Å². The van der Waals surface area contributed by atoms with E-state index in [0.29, 0.717) is 25.5 Å². The third-order valence-electron chi connectivity index (χ3n) is 4.74. The molecule has 0 bridgehead atoms. The van der Waals surface area contributed by atoms with Crippen LogP contribution in [0.2, 0.25) is 0 Å². The number of guanidine groups is 1. The second kappa shape index (κ2) is 13.5. The van der Waals surface area contributed by atoms with Gasteiger partial charge in [0.2, 0.25) is 5.91 Å². The second-order valence-corrected chi connectivity index (χ2v) is 7.13. The van der Waals surface area contributed by atoms with Crippen LogP contribution in [0.25, 0.3) is 0 Å². The van der Waals surface area contributed by atoms with Crippen LogP contribution in [0.4, 0.5) is 0 Å². The molecule has 1 amide bonds. The molecule has 1 saturated heterocycles. The minimum Gasteiger partial charge on any atom is -0.493 e. The molecule has 0 spiro atoms. The maximum atomic E-state index is 11.3. The van der Waals surface area contributed by atoms with Gasteiger partial charge >= 0.3 is 0 Å². The van der Waals surface area contributed by atoms with E-state index in [1.807, 2.05) is 18.2 Å². The van der Waals surface area contributed by atoms with E-state index in [-0.39, 0.29) is 29.9 Å². The van der Waals surface area contributed by atoms with Gasteiger partial charge in [0.1, 0.15) is 0 Å². The number of likely N-dealkylation sites (tertiary alicyclic amines) is 1. The minimum atomic E-state index is -0.230. The normalized spacial score (nSPS) is 16.7. The standard InChI is InChI=1S/C21H34N4O3.HI/c1-4-11-28-18-9-8-16(12-19(18)27-3)14-24-21(23-5-2)25-10-6-7-17(15-25)13-20(22)26;/h8-9,12,17H,4-7,10-11,13-15H2,1-3H3,(H2,22,26)(H,23,24);1H. The van der Waals surface area contributed by atoms with E-state index < -0.39 is 0 Å². The molecular weight excluding hydrogens is 483 g/mol. The van der Waals surface area contributed by atoms with E-state index in [9.17, 15) is 4.79 Å². The molecule has 1 aromatic carbocycles. The lowest BCUT2D eigenvalue weighted by molar-refractivity contribution is -0.119. The van der Waals surface area contributed by atoms with Crippen molar-refractivity contribution in [1.29, 1.82) is 0 Å². The summed E-state index contributed by atoms with van der Waals surface area (Å²) in [6.45, 7) is 7.89. The van der Waals surface area contributed by atoms with E-state index in [1.165, 1.54) is 0 Å². The van der Waals surface area contributed by atoms with Gasteiger partial charge in [-0.1, -0.05) is 13.0 Å². The predicted octanol–water partition coefficient (Wildman–Crippen LogP) is 3.15. The number of benzene rings is 1. The van der Waals surface area contributed by atoms with Gasteiger partial charge in [0.25, 0.3) is 0 Å². The largest absolute Gasteiger partial charge is 0.493 e. The molecule has 1 unspecified atom stereocenters. The van der Waals surface area contributed by atoms with Gasteiger partial charge in [0.05, 0.1) is 20.3 Å². The van der Waals surface area contributed by atoms with Crippen LogP contribution in [0.15, 0.2) is 23.2 Å². The Kier molecular flexibility index (Phi) is 11.8. The fourth-order valence-electron chi connectivity index (χ4n) is 3.44. The number of ether oxygens (including phenoxy) is 2. The van der Waals surface area contributed by atoms with Crippen molar-refractivity contribution in [3.8, 4) is 11.5 Å². The van der Waals surface area contributed by atoms with Crippen molar-refractivity contribution in [2.45, 2.75) is 46.1 Å². The average molecular weight is 518 g/mol. The first kappa shape index (κ1) is 25.3. The van der Waals surface area contributed by atoms with E-state index >= 15 is 0 Å². The number of halogens is 1. The Labute approximate surface area is 191 Å². The number of nitrogens with one attached hydrogen (secondary N) is 1. The van der Waals surface area contributed by atoms with Gasteiger partial charge in [-0.2, -0.15) is 0 Å². The molecular formula is C21H35IN4O3. The fraction of sp³-hybridized carbons (Fsp3) is 0.619. The van der Waals surface area contributed by atoms with Gasteiger partial charge in [0.15, 0.2) is 17.5 Å². The Morgan fingerprint density at radius 3 is 2.79 bits per heavy atom. The molecule has 3 N–H and O–H groups in total. The molecule has 1 fully saturated rings. The van der Waals surface area contributed by atoms with Gasteiger partial charge < -0.3 is 25.4 Å². The number of hydrogen-bond acceptors (Lipinski definition) is 4. The van der Waals surface area contributed by atoms with Crippen molar-refractivity contribution in [2.24, 2.45) is 16.6 Å². The fourth-order valence-corrected chi connectivity index (χ4v) is 3.44. The first-order valence-electron chi connectivity index (χ1n) is 10.2. The molecule has 1 aliphatic heterocycles. The molecule has 0 radical (unpaired) electrons. The molecule has 1 heterocycles. The summed E-state index contributed by atoms with van der Waals surface area (Å²) in [7, 11) is 1.65. The lowest BCUT2D eigenvalue weighted by Gasteiger charge is -2.34. The van der Waals surface area contributed by atoms with E-state index in [0.717, 1.165) is 61.9 Å². The number of methoxy groups -OCH3 is 1. The number of primary amides is 1. The molecule has 0 aliphatic carbocycles. The number of piperidine rings is 1. The van der Waals surface area contributed by atoms with Crippen molar-refractivity contribution in [1.82, 2.24) is 10.2 Å². The maximum Gasteiger partial charge on any atom is 0.217 e. The summed E-state index contributed by atoms with van der Waals surface area (Å²) in [4.78, 5) is 18.3. The summed E-state index contributed by atoms with van der Waals surface area (Å²) in [6, 6.07) is 5.94. The summed E-state index contributed by atoms with van der Waals surface area (Å²) in [5.74, 6) is 2.43. The van der Waals surface area contributed by atoms with Gasteiger partial charge in [-0.15, -0.1) is 24.0 Å². The summed E-state index contributed by atoms with van der Waals surface area (Å²) in [6.07, 6.45) is 3.47. The van der Waals surface area contributed by atoms with Crippen LogP contribution in [0, 0.1) is 5.92 Å². The van der Waals surface area contributed by atoms with Crippen LogP contribution in [0.3, 0.4) is 0 Å². The van der Waals surface area contributed by atoms with Crippen LogP contribution < -0.4 is 20.5 Å². The molecule has 2 rings (SSSR count).